The molecule has 1 fully saturated rings. The van der Waals surface area contributed by atoms with E-state index in [-0.39, 0.29) is 48.7 Å². The number of ether oxygens (including phenoxy) is 3. The predicted octanol–water partition coefficient (Wildman–Crippen LogP) is 9.32. The summed E-state index contributed by atoms with van der Waals surface area (Å²) < 4.78 is 60.5. The Morgan fingerprint density at radius 2 is 1.47 bits per heavy atom. The van der Waals surface area contributed by atoms with Crippen molar-refractivity contribution in [1.82, 2.24) is 39.7 Å². The van der Waals surface area contributed by atoms with Crippen LogP contribution in [0.2, 0.25) is 0 Å². The number of benzene rings is 5. The molecular formula is C57H62N10O8S. The van der Waals surface area contributed by atoms with Crippen molar-refractivity contribution in [1.29, 1.82) is 5.26 Å². The van der Waals surface area contributed by atoms with Crippen LogP contribution in [-0.4, -0.2) is 121 Å². The summed E-state index contributed by atoms with van der Waals surface area (Å²) in [4.78, 5) is 27.1. The number of anilines is 1. The van der Waals surface area contributed by atoms with E-state index in [0.717, 1.165) is 65.7 Å². The minimum atomic E-state index is -3.98. The van der Waals surface area contributed by atoms with Crippen LogP contribution < -0.4 is 20.1 Å². The molecule has 0 bridgehead atoms. The van der Waals surface area contributed by atoms with Crippen molar-refractivity contribution in [3.63, 3.8) is 0 Å². The number of rotatable bonds is 19. The second-order valence-corrected chi connectivity index (χ2v) is 21.8. The molecule has 1 saturated heterocycles. The number of likely N-dealkylation sites (N-methyl/N-ethyl adjacent to an activating group) is 1. The van der Waals surface area contributed by atoms with Gasteiger partial charge in [-0.3, -0.25) is 0 Å². The van der Waals surface area contributed by atoms with E-state index < -0.39 is 22.2 Å². The molecule has 5 aromatic carbocycles. The van der Waals surface area contributed by atoms with Crippen LogP contribution in [0.3, 0.4) is 0 Å². The van der Waals surface area contributed by atoms with Crippen molar-refractivity contribution in [2.75, 3.05) is 59.3 Å². The molecule has 10 rings (SSSR count). The van der Waals surface area contributed by atoms with E-state index in [1.807, 2.05) is 74.2 Å². The number of likely N-dealkylation sites (tertiary alicyclic amines) is 1. The highest BCUT2D eigenvalue weighted by Gasteiger charge is 2.38. The molecular weight excluding hydrogens is 985 g/mol. The fourth-order valence-corrected chi connectivity index (χ4v) is 12.2. The normalized spacial score (nSPS) is 17.5. The molecule has 3 heterocycles. The van der Waals surface area contributed by atoms with Gasteiger partial charge in [-0.1, -0.05) is 64.9 Å². The lowest BCUT2D eigenvalue weighted by Crippen LogP contribution is -2.41. The van der Waals surface area contributed by atoms with Crippen LogP contribution in [0.1, 0.15) is 79.9 Å². The van der Waals surface area contributed by atoms with Crippen molar-refractivity contribution in [3.05, 3.63) is 131 Å². The number of nitrogens with zero attached hydrogens (tertiary/aromatic N) is 8. The van der Waals surface area contributed by atoms with Gasteiger partial charge in [-0.25, -0.2) is 13.2 Å². The molecule has 19 heteroatoms. The first-order valence-corrected chi connectivity index (χ1v) is 27.2. The second-order valence-electron chi connectivity index (χ2n) is 19.9. The number of nitriles is 1. The van der Waals surface area contributed by atoms with Gasteiger partial charge in [0.15, 0.2) is 0 Å². The Kier molecular flexibility index (Phi) is 15.2. The lowest BCUT2D eigenvalue weighted by molar-refractivity contribution is 0.0514. The summed E-state index contributed by atoms with van der Waals surface area (Å²) in [6.07, 6.45) is 3.16. The van der Waals surface area contributed by atoms with Crippen molar-refractivity contribution in [3.8, 4) is 63.3 Å². The van der Waals surface area contributed by atoms with Crippen molar-refractivity contribution >= 4 is 21.7 Å². The highest BCUT2D eigenvalue weighted by atomic mass is 32.2. The predicted molar refractivity (Wildman–Crippen MR) is 286 cm³/mol. The molecule has 0 saturated carbocycles. The number of nitrogens with one attached hydrogen (secondary N) is 2. The van der Waals surface area contributed by atoms with Gasteiger partial charge in [-0.05, 0) is 138 Å². The number of fused-ring (bicyclic) bond motifs is 2. The lowest BCUT2D eigenvalue weighted by atomic mass is 10.0. The zero-order valence-electron chi connectivity index (χ0n) is 43.5. The molecule has 394 valence electrons. The number of hydrogen-bond donors (Lipinski definition) is 2. The maximum absolute atomic E-state index is 14.5. The van der Waals surface area contributed by atoms with Crippen molar-refractivity contribution in [2.45, 2.75) is 88.1 Å². The summed E-state index contributed by atoms with van der Waals surface area (Å²) in [5, 5.41) is 25.0. The molecule has 7 aromatic rings. The summed E-state index contributed by atoms with van der Waals surface area (Å²) in [7, 11) is 1.94. The van der Waals surface area contributed by atoms with Gasteiger partial charge in [0.1, 0.15) is 23.7 Å². The van der Waals surface area contributed by atoms with E-state index in [0.29, 0.717) is 70.3 Å². The topological polar surface area (TPSA) is 214 Å². The summed E-state index contributed by atoms with van der Waals surface area (Å²) in [6, 6.07) is 32.9. The third-order valence-corrected chi connectivity index (χ3v) is 16.3. The van der Waals surface area contributed by atoms with Crippen molar-refractivity contribution < 1.29 is 36.5 Å². The largest absolute Gasteiger partial charge is 0.490 e. The smallest absolute Gasteiger partial charge is 0.317 e. The number of carbonyl (C=O) groups excluding carboxylic acids is 1. The van der Waals surface area contributed by atoms with E-state index in [1.165, 1.54) is 4.31 Å². The average molecular weight is 1050 g/mol. The quantitative estimate of drug-likeness (QED) is 0.0722. The maximum Gasteiger partial charge on any atom is 0.317 e. The van der Waals surface area contributed by atoms with Gasteiger partial charge >= 0.3 is 6.03 Å². The Labute approximate surface area is 443 Å². The Balaban J connectivity index is 0.786. The average Bonchev–Trinajstić information content (AvgIpc) is 4.30. The van der Waals surface area contributed by atoms with Crippen molar-refractivity contribution in [2.24, 2.45) is 0 Å². The first kappa shape index (κ1) is 51.8. The first-order valence-electron chi connectivity index (χ1n) is 25.8. The van der Waals surface area contributed by atoms with E-state index in [9.17, 15) is 18.5 Å². The highest BCUT2D eigenvalue weighted by Crippen LogP contribution is 2.43. The molecule has 0 spiro atoms. The Hall–Kier alpha value is -7.63. The van der Waals surface area contributed by atoms with Crippen LogP contribution in [0, 0.1) is 11.3 Å². The fourth-order valence-electron chi connectivity index (χ4n) is 10.5. The second kappa shape index (κ2) is 22.3. The molecule has 0 radical (unpaired) electrons. The van der Waals surface area contributed by atoms with Gasteiger partial charge in [-0.2, -0.15) is 19.5 Å². The minimum Gasteiger partial charge on any atom is -0.490 e. The van der Waals surface area contributed by atoms with E-state index in [4.69, 9.17) is 33.2 Å². The lowest BCUT2D eigenvalue weighted by Gasteiger charge is -2.29. The zero-order chi connectivity index (χ0) is 53.1. The monoisotopic (exact) mass is 1050 g/mol. The van der Waals surface area contributed by atoms with Gasteiger partial charge in [0, 0.05) is 55.0 Å². The molecule has 2 N–H and O–H groups in total. The van der Waals surface area contributed by atoms with Crippen LogP contribution in [0.4, 0.5) is 10.5 Å². The third kappa shape index (κ3) is 10.8. The number of urea groups is 1. The summed E-state index contributed by atoms with van der Waals surface area (Å²) in [5.74, 6) is 2.50. The molecule has 1 aliphatic heterocycles. The fraction of sp³-hybridized carbons (Fsp3) is 0.368. The van der Waals surface area contributed by atoms with E-state index in [1.54, 1.807) is 55.6 Å². The Morgan fingerprint density at radius 3 is 2.13 bits per heavy atom. The van der Waals surface area contributed by atoms with Crippen LogP contribution in [0.15, 0.2) is 117 Å². The number of aromatic nitrogens is 4. The first-order chi connectivity index (χ1) is 36.8. The number of amides is 2. The zero-order valence-corrected chi connectivity index (χ0v) is 44.3. The number of carbonyl (C=O) groups is 1. The van der Waals surface area contributed by atoms with Crippen LogP contribution in [0.5, 0.6) is 11.5 Å². The number of hydrogen-bond acceptors (Lipinski definition) is 15. The van der Waals surface area contributed by atoms with Gasteiger partial charge in [-0.15, -0.1) is 0 Å². The highest BCUT2D eigenvalue weighted by molar-refractivity contribution is 7.89. The summed E-state index contributed by atoms with van der Waals surface area (Å²) in [6.45, 7) is 7.54. The van der Waals surface area contributed by atoms with Gasteiger partial charge < -0.3 is 43.7 Å². The molecule has 18 nitrogen and oxygen atoms in total. The Morgan fingerprint density at radius 1 is 0.816 bits per heavy atom. The molecule has 4 atom stereocenters. The molecule has 3 aliphatic rings. The molecule has 2 aliphatic carbocycles. The molecule has 4 unspecified atom stereocenters. The molecule has 2 amide bonds. The van der Waals surface area contributed by atoms with Crippen LogP contribution >= 0.6 is 0 Å². The molecule has 2 aromatic heterocycles. The standard InChI is InChI=1S/C57H62N10O8S/c1-35(2)72-51-24-18-37(30-39(51)32-58)55-61-54(64-74-55)47-17-11-15-45-43(47)21-23-50(45)67(76(69,70)41-12-8-7-9-13-41)28-29-71-34-36(3)73-52-25-19-38(31-49(52)59-4)56-62-53(63-75-56)46-16-10-14-44-42(46)20-22-48(44)60-57(68)66-27-26-40(33-66)65(5)6/h7-19,24-25,30-31,35-36,40,48,50,59H,20-23,26-29,33-34H2,1-6H3,(H,60,68). The SMILES string of the molecule is CNc1cc(-c2nc(-c3cccc4c3CCC4NC(=O)N3CCC(N(C)C)C3)no2)ccc1OC(C)COCCN(C1CCc2c(-c3noc(-c4ccc(OC(C)C)c(C#N)c4)n3)cccc21)S(=O)(=O)c1ccccc1. The maximum atomic E-state index is 14.5. The van der Waals surface area contributed by atoms with E-state index in [2.05, 4.69) is 52.1 Å². The van der Waals surface area contributed by atoms with Crippen LogP contribution in [-0.2, 0) is 27.6 Å². The van der Waals surface area contributed by atoms with Gasteiger partial charge in [0.2, 0.25) is 21.7 Å². The minimum absolute atomic E-state index is 0.0291. The van der Waals surface area contributed by atoms with E-state index >= 15 is 0 Å². The van der Waals surface area contributed by atoms with Gasteiger partial charge in [0.05, 0.1) is 47.5 Å². The molecule has 76 heavy (non-hydrogen) atoms. The number of sulfonamides is 1. The van der Waals surface area contributed by atoms with Gasteiger partial charge in [0.25, 0.3) is 11.8 Å². The van der Waals surface area contributed by atoms with Crippen LogP contribution in [0.25, 0.3) is 45.7 Å². The Bertz CT molecular complexity index is 3370. The summed E-state index contributed by atoms with van der Waals surface area (Å²) >= 11 is 0. The third-order valence-electron chi connectivity index (χ3n) is 14.4. The summed E-state index contributed by atoms with van der Waals surface area (Å²) in [5.41, 5.74) is 7.95.